The van der Waals surface area contributed by atoms with Gasteiger partial charge in [-0.2, -0.15) is 0 Å². The summed E-state index contributed by atoms with van der Waals surface area (Å²) in [6.07, 6.45) is 5.18. The van der Waals surface area contributed by atoms with E-state index in [2.05, 4.69) is 11.9 Å². The van der Waals surface area contributed by atoms with E-state index < -0.39 is 0 Å². The number of pyridine rings is 1. The van der Waals surface area contributed by atoms with Crippen molar-refractivity contribution in [3.05, 3.63) is 30.1 Å². The highest BCUT2D eigenvalue weighted by molar-refractivity contribution is 5.73. The molecule has 1 amide bonds. The highest BCUT2D eigenvalue weighted by Gasteiger charge is 2.08. The highest BCUT2D eigenvalue weighted by Crippen LogP contribution is 2.04. The molecule has 1 heterocycles. The summed E-state index contributed by atoms with van der Waals surface area (Å²) in [4.78, 5) is 17.5. The van der Waals surface area contributed by atoms with Gasteiger partial charge in [0.2, 0.25) is 5.91 Å². The average molecular weight is 220 g/mol. The predicted molar refractivity (Wildman–Crippen MR) is 64.9 cm³/mol. The molecule has 1 rings (SSSR count). The quantitative estimate of drug-likeness (QED) is 0.690. The van der Waals surface area contributed by atoms with Crippen molar-refractivity contribution in [2.45, 2.75) is 39.7 Å². The predicted octanol–water partition coefficient (Wildman–Crippen LogP) is 2.62. The number of amides is 1. The van der Waals surface area contributed by atoms with Crippen molar-refractivity contribution in [1.82, 2.24) is 9.88 Å². The second-order valence-electron chi connectivity index (χ2n) is 3.97. The molecule has 0 aliphatic heterocycles. The molecule has 0 aliphatic carbocycles. The van der Waals surface area contributed by atoms with Crippen LogP contribution in [-0.2, 0) is 11.3 Å². The lowest BCUT2D eigenvalue weighted by Gasteiger charge is -2.20. The first kappa shape index (κ1) is 12.7. The van der Waals surface area contributed by atoms with E-state index in [-0.39, 0.29) is 5.91 Å². The van der Waals surface area contributed by atoms with Crippen LogP contribution in [0.2, 0.25) is 0 Å². The number of nitrogens with zero attached hydrogens (tertiary/aromatic N) is 2. The standard InChI is InChI=1S/C13H20N2O/c1-3-4-7-10-15(12(2)16)11-13-8-5-6-9-14-13/h5-6,8-9H,3-4,7,10-11H2,1-2H3. The summed E-state index contributed by atoms with van der Waals surface area (Å²) < 4.78 is 0. The topological polar surface area (TPSA) is 33.2 Å². The fraction of sp³-hybridized carbons (Fsp3) is 0.538. The molecule has 3 heteroatoms. The molecule has 0 N–H and O–H groups in total. The van der Waals surface area contributed by atoms with Gasteiger partial charge in [-0.05, 0) is 18.6 Å². The Morgan fingerprint density at radius 3 is 2.75 bits per heavy atom. The van der Waals surface area contributed by atoms with Gasteiger partial charge in [0.05, 0.1) is 12.2 Å². The van der Waals surface area contributed by atoms with Crippen LogP contribution in [0.1, 0.15) is 38.8 Å². The van der Waals surface area contributed by atoms with Crippen molar-refractivity contribution in [1.29, 1.82) is 0 Å². The number of hydrogen-bond acceptors (Lipinski definition) is 2. The van der Waals surface area contributed by atoms with Crippen LogP contribution in [-0.4, -0.2) is 22.3 Å². The van der Waals surface area contributed by atoms with Gasteiger partial charge in [-0.3, -0.25) is 9.78 Å². The van der Waals surface area contributed by atoms with E-state index in [1.807, 2.05) is 23.1 Å². The summed E-state index contributed by atoms with van der Waals surface area (Å²) in [7, 11) is 0. The van der Waals surface area contributed by atoms with E-state index >= 15 is 0 Å². The maximum atomic E-state index is 11.4. The Morgan fingerprint density at radius 1 is 1.38 bits per heavy atom. The number of unbranched alkanes of at least 4 members (excludes halogenated alkanes) is 2. The van der Waals surface area contributed by atoms with Crippen molar-refractivity contribution in [2.24, 2.45) is 0 Å². The summed E-state index contributed by atoms with van der Waals surface area (Å²) >= 11 is 0. The van der Waals surface area contributed by atoms with E-state index in [0.29, 0.717) is 6.54 Å². The molecule has 0 fully saturated rings. The first-order chi connectivity index (χ1) is 7.74. The Kier molecular flexibility index (Phi) is 5.54. The van der Waals surface area contributed by atoms with Gasteiger partial charge >= 0.3 is 0 Å². The summed E-state index contributed by atoms with van der Waals surface area (Å²) in [6.45, 7) is 5.24. The van der Waals surface area contributed by atoms with Crippen LogP contribution < -0.4 is 0 Å². The van der Waals surface area contributed by atoms with Gasteiger partial charge in [0.1, 0.15) is 0 Å². The molecule has 1 aromatic rings. The van der Waals surface area contributed by atoms with E-state index in [1.165, 1.54) is 12.8 Å². The third-order valence-electron chi connectivity index (χ3n) is 2.56. The molecule has 0 aliphatic rings. The van der Waals surface area contributed by atoms with Crippen LogP contribution in [0.5, 0.6) is 0 Å². The Bertz CT molecular complexity index is 311. The van der Waals surface area contributed by atoms with Crippen molar-refractivity contribution in [3.63, 3.8) is 0 Å². The lowest BCUT2D eigenvalue weighted by atomic mass is 10.2. The molecular weight excluding hydrogens is 200 g/mol. The minimum absolute atomic E-state index is 0.127. The fourth-order valence-corrected chi connectivity index (χ4v) is 1.59. The minimum Gasteiger partial charge on any atom is -0.337 e. The Balaban J connectivity index is 2.48. The first-order valence-electron chi connectivity index (χ1n) is 5.89. The van der Waals surface area contributed by atoms with Crippen LogP contribution >= 0.6 is 0 Å². The van der Waals surface area contributed by atoms with Crippen molar-refractivity contribution in [2.75, 3.05) is 6.54 Å². The Hall–Kier alpha value is -1.38. The number of rotatable bonds is 6. The molecule has 0 spiro atoms. The monoisotopic (exact) mass is 220 g/mol. The molecular formula is C13H20N2O. The van der Waals surface area contributed by atoms with E-state index in [4.69, 9.17) is 0 Å². The smallest absolute Gasteiger partial charge is 0.219 e. The molecule has 0 saturated heterocycles. The molecule has 0 unspecified atom stereocenters. The number of carbonyl (C=O) groups is 1. The molecule has 0 bridgehead atoms. The molecule has 1 aromatic heterocycles. The number of aromatic nitrogens is 1. The minimum atomic E-state index is 0.127. The van der Waals surface area contributed by atoms with Gasteiger partial charge in [0.15, 0.2) is 0 Å². The zero-order chi connectivity index (χ0) is 11.8. The molecule has 88 valence electrons. The van der Waals surface area contributed by atoms with Crippen LogP contribution in [0.4, 0.5) is 0 Å². The summed E-state index contributed by atoms with van der Waals surface area (Å²) in [5.41, 5.74) is 0.953. The Labute approximate surface area is 97.5 Å². The van der Waals surface area contributed by atoms with E-state index in [1.54, 1.807) is 13.1 Å². The van der Waals surface area contributed by atoms with Gasteiger partial charge in [-0.25, -0.2) is 0 Å². The van der Waals surface area contributed by atoms with Gasteiger partial charge in [-0.15, -0.1) is 0 Å². The van der Waals surface area contributed by atoms with E-state index in [0.717, 1.165) is 18.7 Å². The zero-order valence-electron chi connectivity index (χ0n) is 10.1. The van der Waals surface area contributed by atoms with Gasteiger partial charge < -0.3 is 4.90 Å². The van der Waals surface area contributed by atoms with Crippen LogP contribution in [0.25, 0.3) is 0 Å². The van der Waals surface area contributed by atoms with Crippen molar-refractivity contribution < 1.29 is 4.79 Å². The third kappa shape index (κ3) is 4.43. The molecule has 0 atom stereocenters. The average Bonchev–Trinajstić information content (AvgIpc) is 2.29. The van der Waals surface area contributed by atoms with Crippen molar-refractivity contribution in [3.8, 4) is 0 Å². The summed E-state index contributed by atoms with van der Waals surface area (Å²) in [5.74, 6) is 0.127. The molecule has 0 radical (unpaired) electrons. The normalized spacial score (nSPS) is 10.1. The summed E-state index contributed by atoms with van der Waals surface area (Å²) in [6, 6.07) is 5.79. The summed E-state index contributed by atoms with van der Waals surface area (Å²) in [5, 5.41) is 0. The first-order valence-corrected chi connectivity index (χ1v) is 5.89. The number of carbonyl (C=O) groups excluding carboxylic acids is 1. The van der Waals surface area contributed by atoms with Crippen LogP contribution in [0, 0.1) is 0 Å². The molecule has 16 heavy (non-hydrogen) atoms. The second-order valence-corrected chi connectivity index (χ2v) is 3.97. The number of hydrogen-bond donors (Lipinski definition) is 0. The molecule has 0 aromatic carbocycles. The van der Waals surface area contributed by atoms with E-state index in [9.17, 15) is 4.79 Å². The maximum Gasteiger partial charge on any atom is 0.219 e. The Morgan fingerprint density at radius 2 is 2.19 bits per heavy atom. The van der Waals surface area contributed by atoms with Gasteiger partial charge in [-0.1, -0.05) is 25.8 Å². The van der Waals surface area contributed by atoms with Crippen molar-refractivity contribution >= 4 is 5.91 Å². The lowest BCUT2D eigenvalue weighted by Crippen LogP contribution is -2.29. The zero-order valence-corrected chi connectivity index (χ0v) is 10.1. The van der Waals surface area contributed by atoms with Gasteiger partial charge in [0.25, 0.3) is 0 Å². The van der Waals surface area contributed by atoms with Gasteiger partial charge in [0, 0.05) is 19.7 Å². The second kappa shape index (κ2) is 6.99. The largest absolute Gasteiger partial charge is 0.337 e. The maximum absolute atomic E-state index is 11.4. The fourth-order valence-electron chi connectivity index (χ4n) is 1.59. The lowest BCUT2D eigenvalue weighted by molar-refractivity contribution is -0.129. The van der Waals surface area contributed by atoms with Crippen LogP contribution in [0.3, 0.4) is 0 Å². The highest BCUT2D eigenvalue weighted by atomic mass is 16.2. The van der Waals surface area contributed by atoms with Crippen LogP contribution in [0.15, 0.2) is 24.4 Å². The molecule has 0 saturated carbocycles. The third-order valence-corrected chi connectivity index (χ3v) is 2.56. The SMILES string of the molecule is CCCCCN(Cc1ccccn1)C(C)=O. The molecule has 3 nitrogen and oxygen atoms in total.